The van der Waals surface area contributed by atoms with Crippen molar-refractivity contribution in [3.63, 3.8) is 0 Å². The lowest BCUT2D eigenvalue weighted by molar-refractivity contribution is -0.115. The summed E-state index contributed by atoms with van der Waals surface area (Å²) in [6, 6.07) is 6.03. The van der Waals surface area contributed by atoms with E-state index >= 15 is 0 Å². The molecule has 0 saturated carbocycles. The molecule has 0 fully saturated rings. The number of amides is 1. The number of para-hydroxylation sites is 2. The van der Waals surface area contributed by atoms with Gasteiger partial charge >= 0.3 is 6.61 Å². The average molecular weight is 360 g/mol. The van der Waals surface area contributed by atoms with Crippen molar-refractivity contribution in [2.45, 2.75) is 23.1 Å². The minimum atomic E-state index is -2.96. The van der Waals surface area contributed by atoms with E-state index in [2.05, 4.69) is 25.6 Å². The zero-order chi connectivity index (χ0) is 16.8. The number of benzene rings is 1. The Morgan fingerprint density at radius 3 is 2.74 bits per heavy atom. The van der Waals surface area contributed by atoms with Gasteiger partial charge in [-0.25, -0.2) is 0 Å². The van der Waals surface area contributed by atoms with Crippen LogP contribution in [0.15, 0.2) is 28.6 Å². The molecule has 0 unspecified atom stereocenters. The van der Waals surface area contributed by atoms with Gasteiger partial charge in [0.05, 0.1) is 10.9 Å². The first-order valence-corrected chi connectivity index (χ1v) is 8.22. The third kappa shape index (κ3) is 5.03. The number of nitrogens with one attached hydrogen (secondary N) is 2. The van der Waals surface area contributed by atoms with Crippen LogP contribution >= 0.6 is 23.1 Å². The van der Waals surface area contributed by atoms with Crippen LogP contribution in [0.3, 0.4) is 0 Å². The Hall–Kier alpha value is -1.94. The highest BCUT2D eigenvalue weighted by molar-refractivity contribution is 8.02. The normalized spacial score (nSPS) is 12.0. The summed E-state index contributed by atoms with van der Waals surface area (Å²) in [6.07, 6.45) is 0. The summed E-state index contributed by atoms with van der Waals surface area (Å²) in [5.74, 6) is -0.428. The second kappa shape index (κ2) is 8.06. The molecule has 1 heterocycles. The first kappa shape index (κ1) is 17.4. The molecule has 0 aliphatic carbocycles. The Labute approximate surface area is 139 Å². The van der Waals surface area contributed by atoms with Gasteiger partial charge in [-0.05, 0) is 19.1 Å². The molecular weight excluding hydrogens is 346 g/mol. The van der Waals surface area contributed by atoms with Gasteiger partial charge in [-0.2, -0.15) is 8.78 Å². The minimum absolute atomic E-state index is 0.0820. The molecule has 0 spiro atoms. The monoisotopic (exact) mass is 360 g/mol. The molecule has 124 valence electrons. The molecule has 2 rings (SSSR count). The Bertz CT molecular complexity index is 669. The standard InChI is InChI=1S/C13H14F2N4O2S2/c1-7(22-13-19-18-12(16-2)23-13)10(20)17-8-5-3-4-6-9(8)21-11(14)15/h3-7,11H,1-2H3,(H,16,18)(H,17,20)/t7-/m1/s1. The number of ether oxygens (including phenoxy) is 1. The highest BCUT2D eigenvalue weighted by atomic mass is 32.2. The number of carbonyl (C=O) groups excluding carboxylic acids is 1. The molecule has 6 nitrogen and oxygen atoms in total. The number of anilines is 2. The predicted molar refractivity (Wildman–Crippen MR) is 86.5 cm³/mol. The van der Waals surface area contributed by atoms with E-state index < -0.39 is 11.9 Å². The van der Waals surface area contributed by atoms with Crippen molar-refractivity contribution in [3.8, 4) is 5.75 Å². The minimum Gasteiger partial charge on any atom is -0.433 e. The highest BCUT2D eigenvalue weighted by Gasteiger charge is 2.19. The van der Waals surface area contributed by atoms with Crippen LogP contribution in [0.25, 0.3) is 0 Å². The van der Waals surface area contributed by atoms with Crippen molar-refractivity contribution in [1.29, 1.82) is 0 Å². The summed E-state index contributed by atoms with van der Waals surface area (Å²) in [7, 11) is 1.73. The Kier molecular flexibility index (Phi) is 6.11. The first-order chi connectivity index (χ1) is 11.0. The number of hydrogen-bond donors (Lipinski definition) is 2. The lowest BCUT2D eigenvalue weighted by atomic mass is 10.3. The summed E-state index contributed by atoms with van der Waals surface area (Å²) in [5.41, 5.74) is 0.193. The molecule has 0 aliphatic heterocycles. The molecule has 2 N–H and O–H groups in total. The second-order valence-electron chi connectivity index (χ2n) is 4.25. The van der Waals surface area contributed by atoms with E-state index in [0.717, 1.165) is 0 Å². The van der Waals surface area contributed by atoms with Gasteiger partial charge in [-0.3, -0.25) is 4.79 Å². The smallest absolute Gasteiger partial charge is 0.387 e. The Morgan fingerprint density at radius 1 is 1.35 bits per heavy atom. The van der Waals surface area contributed by atoms with Gasteiger partial charge in [0.15, 0.2) is 4.34 Å². The zero-order valence-corrected chi connectivity index (χ0v) is 13.9. The molecule has 0 bridgehead atoms. The molecule has 1 amide bonds. The molecule has 0 saturated heterocycles. The number of rotatable bonds is 7. The highest BCUT2D eigenvalue weighted by Crippen LogP contribution is 2.30. The van der Waals surface area contributed by atoms with E-state index in [1.807, 2.05) is 0 Å². The molecule has 23 heavy (non-hydrogen) atoms. The van der Waals surface area contributed by atoms with E-state index in [0.29, 0.717) is 9.47 Å². The number of nitrogens with zero attached hydrogens (tertiary/aromatic N) is 2. The van der Waals surface area contributed by atoms with E-state index in [1.54, 1.807) is 26.1 Å². The van der Waals surface area contributed by atoms with Crippen molar-refractivity contribution < 1.29 is 18.3 Å². The first-order valence-electron chi connectivity index (χ1n) is 6.52. The molecule has 10 heteroatoms. The quantitative estimate of drug-likeness (QED) is 0.738. The molecule has 0 radical (unpaired) electrons. The van der Waals surface area contributed by atoms with Gasteiger partial charge in [-0.1, -0.05) is 35.2 Å². The van der Waals surface area contributed by atoms with Crippen LogP contribution in [0.4, 0.5) is 19.6 Å². The summed E-state index contributed by atoms with van der Waals surface area (Å²) in [6.45, 7) is -1.27. The number of aromatic nitrogens is 2. The SMILES string of the molecule is CNc1nnc(S[C@H](C)C(=O)Nc2ccccc2OC(F)F)s1. The Balaban J connectivity index is 2.00. The number of halogens is 2. The van der Waals surface area contributed by atoms with Crippen molar-refractivity contribution in [1.82, 2.24) is 10.2 Å². The lowest BCUT2D eigenvalue weighted by Crippen LogP contribution is -2.23. The molecule has 1 atom stereocenters. The van der Waals surface area contributed by atoms with Gasteiger partial charge in [0.25, 0.3) is 0 Å². The predicted octanol–water partition coefficient (Wildman–Crippen LogP) is 3.30. The maximum Gasteiger partial charge on any atom is 0.387 e. The van der Waals surface area contributed by atoms with Gasteiger partial charge in [0.2, 0.25) is 11.0 Å². The van der Waals surface area contributed by atoms with Gasteiger partial charge in [0, 0.05) is 7.05 Å². The van der Waals surface area contributed by atoms with Crippen molar-refractivity contribution >= 4 is 39.8 Å². The van der Waals surface area contributed by atoms with Gasteiger partial charge < -0.3 is 15.4 Å². The van der Waals surface area contributed by atoms with Crippen LogP contribution in [-0.2, 0) is 4.79 Å². The van der Waals surface area contributed by atoms with Crippen LogP contribution in [0.2, 0.25) is 0 Å². The molecule has 1 aromatic carbocycles. The maximum absolute atomic E-state index is 12.4. The topological polar surface area (TPSA) is 76.1 Å². The fourth-order valence-electron chi connectivity index (χ4n) is 1.57. The van der Waals surface area contributed by atoms with Gasteiger partial charge in [-0.15, -0.1) is 10.2 Å². The van der Waals surface area contributed by atoms with Crippen LogP contribution in [-0.4, -0.2) is 35.0 Å². The van der Waals surface area contributed by atoms with Crippen LogP contribution in [0, 0.1) is 0 Å². The maximum atomic E-state index is 12.4. The summed E-state index contributed by atoms with van der Waals surface area (Å²) < 4.78 is 29.7. The number of carbonyl (C=O) groups is 1. The second-order valence-corrected chi connectivity index (χ2v) is 6.81. The van der Waals surface area contributed by atoms with Crippen molar-refractivity contribution in [3.05, 3.63) is 24.3 Å². The largest absolute Gasteiger partial charge is 0.433 e. The van der Waals surface area contributed by atoms with E-state index in [4.69, 9.17) is 0 Å². The zero-order valence-electron chi connectivity index (χ0n) is 12.2. The molecule has 1 aromatic heterocycles. The van der Waals surface area contributed by atoms with Gasteiger partial charge in [0.1, 0.15) is 5.75 Å². The summed E-state index contributed by atoms with van der Waals surface area (Å²) in [5, 5.41) is 13.4. The average Bonchev–Trinajstić information content (AvgIpc) is 2.96. The Morgan fingerprint density at radius 2 is 2.09 bits per heavy atom. The van der Waals surface area contributed by atoms with E-state index in [9.17, 15) is 13.6 Å². The molecule has 0 aliphatic rings. The van der Waals surface area contributed by atoms with Crippen LogP contribution in [0.1, 0.15) is 6.92 Å². The third-order valence-electron chi connectivity index (χ3n) is 2.63. The van der Waals surface area contributed by atoms with Crippen LogP contribution < -0.4 is 15.4 Å². The number of hydrogen-bond acceptors (Lipinski definition) is 7. The lowest BCUT2D eigenvalue weighted by Gasteiger charge is -2.14. The fraction of sp³-hybridized carbons (Fsp3) is 0.308. The van der Waals surface area contributed by atoms with E-state index in [-0.39, 0.29) is 17.3 Å². The fourth-order valence-corrected chi connectivity index (χ4v) is 3.42. The van der Waals surface area contributed by atoms with E-state index in [1.165, 1.54) is 35.2 Å². The molecular formula is C13H14F2N4O2S2. The van der Waals surface area contributed by atoms with Crippen LogP contribution in [0.5, 0.6) is 5.75 Å². The van der Waals surface area contributed by atoms with Crippen molar-refractivity contribution in [2.24, 2.45) is 0 Å². The van der Waals surface area contributed by atoms with Crippen molar-refractivity contribution in [2.75, 3.05) is 17.7 Å². The third-order valence-corrected chi connectivity index (χ3v) is 4.75. The number of alkyl halides is 2. The summed E-state index contributed by atoms with van der Waals surface area (Å²) in [4.78, 5) is 12.2. The summed E-state index contributed by atoms with van der Waals surface area (Å²) >= 11 is 2.55. The molecule has 2 aromatic rings. The number of thioether (sulfide) groups is 1.